The summed E-state index contributed by atoms with van der Waals surface area (Å²) in [4.78, 5) is 12.1. The van der Waals surface area contributed by atoms with Crippen LogP contribution in [0.3, 0.4) is 0 Å². The molecule has 0 saturated carbocycles. The highest BCUT2D eigenvalue weighted by Gasteiger charge is 2.13. The Kier molecular flexibility index (Phi) is 5.90. The number of carbonyl (C=O) groups excluding carboxylic acids is 1. The Morgan fingerprint density at radius 1 is 1.19 bits per heavy atom. The van der Waals surface area contributed by atoms with E-state index in [1.165, 1.54) is 12.1 Å². The molecule has 0 radical (unpaired) electrons. The van der Waals surface area contributed by atoms with Gasteiger partial charge in [-0.15, -0.1) is 10.2 Å². The summed E-state index contributed by atoms with van der Waals surface area (Å²) in [5.41, 5.74) is 1.58. The molecule has 0 aliphatic rings. The fourth-order valence-electron chi connectivity index (χ4n) is 2.22. The van der Waals surface area contributed by atoms with Crippen molar-refractivity contribution in [2.45, 2.75) is 18.2 Å². The molecule has 1 amide bonds. The number of hydrogen-bond acceptors (Lipinski definition) is 5. The summed E-state index contributed by atoms with van der Waals surface area (Å²) in [6.07, 6.45) is 0. The molecule has 0 aliphatic heterocycles. The molecule has 3 aromatic rings. The highest BCUT2D eigenvalue weighted by atomic mass is 35.5. The first-order chi connectivity index (χ1) is 12.5. The maximum atomic E-state index is 12.9. The van der Waals surface area contributed by atoms with Gasteiger partial charge in [0.05, 0.1) is 11.8 Å². The largest absolute Gasteiger partial charge is 0.411 e. The van der Waals surface area contributed by atoms with E-state index in [1.54, 1.807) is 36.4 Å². The molecule has 134 valence electrons. The second-order valence-corrected chi connectivity index (χ2v) is 6.87. The van der Waals surface area contributed by atoms with E-state index >= 15 is 0 Å². The van der Waals surface area contributed by atoms with E-state index in [2.05, 4.69) is 15.5 Å². The normalized spacial score (nSPS) is 12.0. The van der Waals surface area contributed by atoms with Crippen LogP contribution in [0, 0.1) is 5.82 Å². The van der Waals surface area contributed by atoms with Gasteiger partial charge in [-0.2, -0.15) is 0 Å². The standard InChI is InChI=1S/C18H15ClFN3O2S/c1-11(12-4-8-15(20)9-5-12)21-16(24)10-26-18-23-22-17(25-18)13-2-6-14(19)7-3-13/h2-9,11H,10H2,1H3,(H,21,24)/t11-/m1/s1. The molecule has 0 bridgehead atoms. The van der Waals surface area contributed by atoms with Gasteiger partial charge in [-0.3, -0.25) is 4.79 Å². The molecular formula is C18H15ClFN3O2S. The molecule has 3 rings (SSSR count). The Hall–Kier alpha value is -2.38. The third-order valence-electron chi connectivity index (χ3n) is 3.57. The van der Waals surface area contributed by atoms with Crippen molar-refractivity contribution in [2.24, 2.45) is 0 Å². The highest BCUT2D eigenvalue weighted by molar-refractivity contribution is 7.99. The zero-order valence-corrected chi connectivity index (χ0v) is 15.4. The third kappa shape index (κ3) is 4.83. The second kappa shape index (κ2) is 8.33. The number of nitrogens with zero attached hydrogens (tertiary/aromatic N) is 2. The monoisotopic (exact) mass is 391 g/mol. The van der Waals surface area contributed by atoms with Crippen LogP contribution in [0.1, 0.15) is 18.5 Å². The molecule has 1 atom stereocenters. The quantitative estimate of drug-likeness (QED) is 0.626. The Morgan fingerprint density at radius 3 is 2.58 bits per heavy atom. The molecule has 0 aliphatic carbocycles. The summed E-state index contributed by atoms with van der Waals surface area (Å²) in [5, 5.41) is 11.7. The zero-order chi connectivity index (χ0) is 18.5. The van der Waals surface area contributed by atoms with Crippen molar-refractivity contribution < 1.29 is 13.6 Å². The van der Waals surface area contributed by atoms with Crippen molar-refractivity contribution in [3.63, 3.8) is 0 Å². The predicted octanol–water partition coefficient (Wildman–Crippen LogP) is 4.50. The zero-order valence-electron chi connectivity index (χ0n) is 13.8. The SMILES string of the molecule is C[C@@H](NC(=O)CSc1nnc(-c2ccc(Cl)cc2)o1)c1ccc(F)cc1. The van der Waals surface area contributed by atoms with Crippen molar-refractivity contribution >= 4 is 29.3 Å². The fourth-order valence-corrected chi connectivity index (χ4v) is 2.92. The van der Waals surface area contributed by atoms with Crippen LogP contribution in [-0.4, -0.2) is 21.9 Å². The maximum Gasteiger partial charge on any atom is 0.277 e. The molecule has 1 N–H and O–H groups in total. The van der Waals surface area contributed by atoms with Crippen LogP contribution in [0.25, 0.3) is 11.5 Å². The van der Waals surface area contributed by atoms with Crippen molar-refractivity contribution in [3.05, 3.63) is 64.9 Å². The third-order valence-corrected chi connectivity index (χ3v) is 4.64. The smallest absolute Gasteiger partial charge is 0.277 e. The van der Waals surface area contributed by atoms with E-state index in [0.717, 1.165) is 22.9 Å². The molecule has 2 aromatic carbocycles. The molecule has 8 heteroatoms. The minimum atomic E-state index is -0.310. The lowest BCUT2D eigenvalue weighted by Crippen LogP contribution is -2.28. The van der Waals surface area contributed by atoms with Crippen LogP contribution in [0.15, 0.2) is 58.2 Å². The number of amides is 1. The average Bonchev–Trinajstić information content (AvgIpc) is 3.10. The molecule has 0 saturated heterocycles. The number of aromatic nitrogens is 2. The van der Waals surface area contributed by atoms with Crippen molar-refractivity contribution in [1.82, 2.24) is 15.5 Å². The first kappa shape index (κ1) is 18.4. The van der Waals surface area contributed by atoms with Crippen LogP contribution in [-0.2, 0) is 4.79 Å². The molecule has 5 nitrogen and oxygen atoms in total. The molecule has 26 heavy (non-hydrogen) atoms. The van der Waals surface area contributed by atoms with Gasteiger partial charge in [0.15, 0.2) is 0 Å². The number of halogens is 2. The number of nitrogens with one attached hydrogen (secondary N) is 1. The van der Waals surface area contributed by atoms with Gasteiger partial charge in [0.1, 0.15) is 5.82 Å². The van der Waals surface area contributed by atoms with Gasteiger partial charge >= 0.3 is 0 Å². The molecule has 0 fully saturated rings. The predicted molar refractivity (Wildman–Crippen MR) is 98.4 cm³/mol. The minimum Gasteiger partial charge on any atom is -0.411 e. The molecule has 1 aromatic heterocycles. The van der Waals surface area contributed by atoms with E-state index in [4.69, 9.17) is 16.0 Å². The summed E-state index contributed by atoms with van der Waals surface area (Å²) in [6, 6.07) is 12.8. The van der Waals surface area contributed by atoms with Crippen LogP contribution < -0.4 is 5.32 Å². The van der Waals surface area contributed by atoms with Crippen LogP contribution in [0.4, 0.5) is 4.39 Å². The van der Waals surface area contributed by atoms with Gasteiger partial charge in [-0.05, 0) is 48.9 Å². The maximum absolute atomic E-state index is 12.9. The summed E-state index contributed by atoms with van der Waals surface area (Å²) in [7, 11) is 0. The van der Waals surface area contributed by atoms with Crippen LogP contribution in [0.2, 0.25) is 5.02 Å². The Labute approximate surface area is 159 Å². The summed E-state index contributed by atoms with van der Waals surface area (Å²) < 4.78 is 18.5. The first-order valence-electron chi connectivity index (χ1n) is 7.78. The molecule has 0 spiro atoms. The minimum absolute atomic E-state index is 0.133. The Bertz CT molecular complexity index is 884. The van der Waals surface area contributed by atoms with Gasteiger partial charge < -0.3 is 9.73 Å². The molecule has 0 unspecified atom stereocenters. The average molecular weight is 392 g/mol. The number of carbonyl (C=O) groups is 1. The topological polar surface area (TPSA) is 68.0 Å². The number of hydrogen-bond donors (Lipinski definition) is 1. The van der Waals surface area contributed by atoms with Crippen molar-refractivity contribution in [2.75, 3.05) is 5.75 Å². The summed E-state index contributed by atoms with van der Waals surface area (Å²) >= 11 is 7.00. The van der Waals surface area contributed by atoms with Crippen LogP contribution >= 0.6 is 23.4 Å². The summed E-state index contributed by atoms with van der Waals surface area (Å²) in [5.74, 6) is 0.00591. The lowest BCUT2D eigenvalue weighted by Gasteiger charge is -2.13. The lowest BCUT2D eigenvalue weighted by molar-refractivity contribution is -0.119. The number of benzene rings is 2. The van der Waals surface area contributed by atoms with Crippen molar-refractivity contribution in [1.29, 1.82) is 0 Å². The van der Waals surface area contributed by atoms with Gasteiger partial charge in [-0.1, -0.05) is 35.5 Å². The van der Waals surface area contributed by atoms with Gasteiger partial charge in [0, 0.05) is 10.6 Å². The fraction of sp³-hybridized carbons (Fsp3) is 0.167. The van der Waals surface area contributed by atoms with E-state index < -0.39 is 0 Å². The Balaban J connectivity index is 1.53. The van der Waals surface area contributed by atoms with Gasteiger partial charge in [0.2, 0.25) is 11.8 Å². The molecular weight excluding hydrogens is 377 g/mol. The van der Waals surface area contributed by atoms with Gasteiger partial charge in [0.25, 0.3) is 5.22 Å². The van der Waals surface area contributed by atoms with E-state index in [9.17, 15) is 9.18 Å². The van der Waals surface area contributed by atoms with Crippen LogP contribution in [0.5, 0.6) is 0 Å². The lowest BCUT2D eigenvalue weighted by atomic mass is 10.1. The van der Waals surface area contributed by atoms with E-state index in [1.807, 2.05) is 6.92 Å². The van der Waals surface area contributed by atoms with E-state index in [-0.39, 0.29) is 23.5 Å². The number of thioether (sulfide) groups is 1. The summed E-state index contributed by atoms with van der Waals surface area (Å²) in [6.45, 7) is 1.83. The first-order valence-corrected chi connectivity index (χ1v) is 9.14. The second-order valence-electron chi connectivity index (χ2n) is 5.51. The van der Waals surface area contributed by atoms with Gasteiger partial charge in [-0.25, -0.2) is 4.39 Å². The van der Waals surface area contributed by atoms with E-state index in [0.29, 0.717) is 16.1 Å². The highest BCUT2D eigenvalue weighted by Crippen LogP contribution is 2.24. The number of rotatable bonds is 6. The molecule has 1 heterocycles. The van der Waals surface area contributed by atoms with Crippen molar-refractivity contribution in [3.8, 4) is 11.5 Å². The Morgan fingerprint density at radius 2 is 1.88 bits per heavy atom.